The second kappa shape index (κ2) is 8.63. The zero-order valence-electron chi connectivity index (χ0n) is 19.8. The fourth-order valence-corrected chi connectivity index (χ4v) is 4.74. The third-order valence-electron chi connectivity index (χ3n) is 6.99. The highest BCUT2D eigenvalue weighted by Crippen LogP contribution is 2.33. The van der Waals surface area contributed by atoms with Crippen LogP contribution < -0.4 is 5.32 Å². The van der Waals surface area contributed by atoms with E-state index < -0.39 is 0 Å². The van der Waals surface area contributed by atoms with Crippen LogP contribution in [0.4, 0.5) is 5.69 Å². The number of H-pyrrole nitrogens is 2. The molecule has 5 aromatic heterocycles. The predicted octanol–water partition coefficient (Wildman–Crippen LogP) is 5.36. The van der Waals surface area contributed by atoms with Gasteiger partial charge in [0.25, 0.3) is 0 Å². The third-order valence-corrected chi connectivity index (χ3v) is 6.99. The number of carbonyl (C=O) groups excluding carboxylic acids is 1. The van der Waals surface area contributed by atoms with Crippen LogP contribution in [0.2, 0.25) is 0 Å². The summed E-state index contributed by atoms with van der Waals surface area (Å²) in [5, 5.41) is 11.6. The minimum absolute atomic E-state index is 0.0725. The van der Waals surface area contributed by atoms with E-state index in [4.69, 9.17) is 4.98 Å². The van der Waals surface area contributed by atoms with E-state index in [1.54, 1.807) is 31.0 Å². The Balaban J connectivity index is 1.26. The number of hydrogen-bond acceptors (Lipinski definition) is 6. The van der Waals surface area contributed by atoms with Crippen LogP contribution in [0.25, 0.3) is 55.7 Å². The maximum atomic E-state index is 12.4. The summed E-state index contributed by atoms with van der Waals surface area (Å²) in [5.74, 6) is 0.844. The quantitative estimate of drug-likeness (QED) is 0.301. The number of amides is 1. The molecule has 0 atom stereocenters. The van der Waals surface area contributed by atoms with Gasteiger partial charge in [0.2, 0.25) is 5.91 Å². The summed E-state index contributed by atoms with van der Waals surface area (Å²) in [5.41, 5.74) is 7.78. The highest BCUT2D eigenvalue weighted by atomic mass is 16.1. The molecule has 0 spiro atoms. The minimum atomic E-state index is 0.0725. The Kier molecular flexibility index (Phi) is 4.99. The lowest BCUT2D eigenvalue weighted by Gasteiger charge is -2.24. The minimum Gasteiger partial charge on any atom is -0.335 e. The van der Waals surface area contributed by atoms with Crippen molar-refractivity contribution in [1.29, 1.82) is 0 Å². The van der Waals surface area contributed by atoms with E-state index in [1.807, 2.05) is 36.5 Å². The molecule has 1 saturated carbocycles. The van der Waals surface area contributed by atoms with E-state index in [0.29, 0.717) is 11.5 Å². The zero-order valence-corrected chi connectivity index (χ0v) is 19.8. The third kappa shape index (κ3) is 3.81. The van der Waals surface area contributed by atoms with Gasteiger partial charge >= 0.3 is 0 Å². The summed E-state index contributed by atoms with van der Waals surface area (Å²) < 4.78 is 0. The molecule has 5 heterocycles. The summed E-state index contributed by atoms with van der Waals surface area (Å²) in [7, 11) is 0. The first-order chi connectivity index (χ1) is 18.2. The highest BCUT2D eigenvalue weighted by molar-refractivity contribution is 5.98. The normalized spacial score (nSPS) is 13.6. The van der Waals surface area contributed by atoms with Crippen LogP contribution in [-0.2, 0) is 4.79 Å². The molecule has 180 valence electrons. The Morgan fingerprint density at radius 1 is 0.865 bits per heavy atom. The van der Waals surface area contributed by atoms with E-state index in [0.717, 1.165) is 69.1 Å². The number of hydrogen-bond donors (Lipinski definition) is 3. The number of benzene rings is 1. The second-order valence-electron chi connectivity index (χ2n) is 9.32. The van der Waals surface area contributed by atoms with Crippen molar-refractivity contribution in [2.24, 2.45) is 5.92 Å². The second-order valence-corrected chi connectivity index (χ2v) is 9.32. The lowest BCUT2D eigenvalue weighted by Crippen LogP contribution is -2.28. The van der Waals surface area contributed by atoms with Crippen LogP contribution in [0.3, 0.4) is 0 Å². The molecule has 6 aromatic rings. The van der Waals surface area contributed by atoms with Crippen molar-refractivity contribution in [3.63, 3.8) is 0 Å². The molecule has 9 nitrogen and oxygen atoms in total. The van der Waals surface area contributed by atoms with Gasteiger partial charge in [0.1, 0.15) is 5.69 Å². The Hall–Kier alpha value is -4.92. The van der Waals surface area contributed by atoms with Crippen molar-refractivity contribution in [2.45, 2.75) is 19.3 Å². The van der Waals surface area contributed by atoms with E-state index in [-0.39, 0.29) is 11.8 Å². The molecule has 9 heteroatoms. The van der Waals surface area contributed by atoms with E-state index >= 15 is 0 Å². The monoisotopic (exact) mass is 486 g/mol. The molecular weight excluding hydrogens is 464 g/mol. The summed E-state index contributed by atoms with van der Waals surface area (Å²) in [4.78, 5) is 33.6. The number of nitrogens with one attached hydrogen (secondary N) is 3. The van der Waals surface area contributed by atoms with E-state index in [2.05, 4.69) is 41.5 Å². The molecule has 7 rings (SSSR count). The highest BCUT2D eigenvalue weighted by Gasteiger charge is 2.25. The van der Waals surface area contributed by atoms with Gasteiger partial charge in [-0.3, -0.25) is 24.8 Å². The molecule has 0 bridgehead atoms. The number of pyridine rings is 3. The van der Waals surface area contributed by atoms with Gasteiger partial charge in [0.15, 0.2) is 5.82 Å². The first-order valence-electron chi connectivity index (χ1n) is 12.2. The van der Waals surface area contributed by atoms with E-state index in [1.165, 1.54) is 0 Å². The number of nitrogens with zero attached hydrogens (tertiary/aromatic N) is 5. The van der Waals surface area contributed by atoms with Gasteiger partial charge in [-0.15, -0.1) is 0 Å². The van der Waals surface area contributed by atoms with Crippen molar-refractivity contribution >= 4 is 33.5 Å². The van der Waals surface area contributed by atoms with Crippen molar-refractivity contribution in [1.82, 2.24) is 35.1 Å². The number of fused-ring (bicyclic) bond motifs is 2. The summed E-state index contributed by atoms with van der Waals surface area (Å²) in [6.45, 7) is 0. The molecule has 1 aromatic carbocycles. The number of aromatic nitrogens is 7. The van der Waals surface area contributed by atoms with Crippen LogP contribution in [-0.4, -0.2) is 41.0 Å². The molecule has 1 aliphatic carbocycles. The lowest BCUT2D eigenvalue weighted by molar-refractivity contribution is -0.122. The summed E-state index contributed by atoms with van der Waals surface area (Å²) >= 11 is 0. The molecule has 0 radical (unpaired) electrons. The van der Waals surface area contributed by atoms with Crippen molar-refractivity contribution < 1.29 is 4.79 Å². The van der Waals surface area contributed by atoms with Gasteiger partial charge in [-0.2, -0.15) is 5.10 Å². The fourth-order valence-electron chi connectivity index (χ4n) is 4.74. The fraction of sp³-hybridized carbons (Fsp3) is 0.143. The first-order valence-corrected chi connectivity index (χ1v) is 12.2. The topological polar surface area (TPSA) is 125 Å². The summed E-state index contributed by atoms with van der Waals surface area (Å²) in [6, 6.07) is 11.9. The van der Waals surface area contributed by atoms with Gasteiger partial charge in [0, 0.05) is 47.2 Å². The maximum absolute atomic E-state index is 12.4. The van der Waals surface area contributed by atoms with Crippen LogP contribution in [0, 0.1) is 5.92 Å². The number of carbonyl (C=O) groups is 1. The van der Waals surface area contributed by atoms with Crippen molar-refractivity contribution in [3.05, 3.63) is 73.6 Å². The van der Waals surface area contributed by atoms with Gasteiger partial charge in [-0.25, -0.2) is 4.98 Å². The van der Waals surface area contributed by atoms with Crippen molar-refractivity contribution in [2.75, 3.05) is 5.32 Å². The SMILES string of the molecule is O=C(Nc1cncc(-c2ccc3[nH]nc(-c4nc5c(-c6ccncc6)cncc5[nH]4)c3c2)c1)C1CCC1. The Morgan fingerprint density at radius 3 is 2.57 bits per heavy atom. The number of imidazole rings is 1. The standard InChI is InChI=1S/C28H22N8O/c37-28(17-2-1-3-17)32-20-10-19(12-30-13-20)18-4-5-23-21(11-18)26(36-35-23)27-33-24-15-31-14-22(25(24)34-27)16-6-8-29-9-7-16/h4-15,17H,1-3H2,(H,32,37)(H,33,34)(H,35,36). The smallest absolute Gasteiger partial charge is 0.227 e. The lowest BCUT2D eigenvalue weighted by atomic mass is 9.85. The molecule has 1 aliphatic rings. The molecule has 1 amide bonds. The zero-order chi connectivity index (χ0) is 24.8. The Morgan fingerprint density at radius 2 is 1.73 bits per heavy atom. The molecule has 0 unspecified atom stereocenters. The molecule has 3 N–H and O–H groups in total. The molecule has 1 fully saturated rings. The average molecular weight is 487 g/mol. The van der Waals surface area contributed by atoms with Crippen LogP contribution in [0.5, 0.6) is 0 Å². The Labute approximate surface area is 211 Å². The van der Waals surface area contributed by atoms with Crippen molar-refractivity contribution in [3.8, 4) is 33.8 Å². The van der Waals surface area contributed by atoms with E-state index in [9.17, 15) is 4.79 Å². The molecule has 0 aliphatic heterocycles. The molecule has 37 heavy (non-hydrogen) atoms. The molecule has 0 saturated heterocycles. The number of aromatic amines is 2. The van der Waals surface area contributed by atoms with Gasteiger partial charge in [-0.05, 0) is 54.3 Å². The van der Waals surface area contributed by atoms with Crippen LogP contribution in [0.1, 0.15) is 19.3 Å². The maximum Gasteiger partial charge on any atom is 0.227 e. The average Bonchev–Trinajstić information content (AvgIpc) is 3.52. The van der Waals surface area contributed by atoms with Gasteiger partial charge < -0.3 is 10.3 Å². The summed E-state index contributed by atoms with van der Waals surface area (Å²) in [6.07, 6.45) is 13.6. The van der Waals surface area contributed by atoms with Crippen LogP contribution in [0.15, 0.2) is 73.6 Å². The van der Waals surface area contributed by atoms with Crippen LogP contribution >= 0.6 is 0 Å². The number of rotatable bonds is 5. The number of anilines is 1. The predicted molar refractivity (Wildman–Crippen MR) is 141 cm³/mol. The Bertz CT molecular complexity index is 1770. The van der Waals surface area contributed by atoms with Gasteiger partial charge in [0.05, 0.1) is 34.6 Å². The van der Waals surface area contributed by atoms with Gasteiger partial charge in [-0.1, -0.05) is 12.5 Å². The first kappa shape index (κ1) is 21.4. The largest absolute Gasteiger partial charge is 0.335 e. The molecular formula is C28H22N8O.